The number of carbonyl (C=O) groups is 1. The minimum absolute atomic E-state index is 0.0278. The normalized spacial score (nSPS) is 9.44. The van der Waals surface area contributed by atoms with Gasteiger partial charge in [0.15, 0.2) is 0 Å². The van der Waals surface area contributed by atoms with E-state index in [0.29, 0.717) is 0 Å². The van der Waals surface area contributed by atoms with Crippen LogP contribution in [0.4, 0.5) is 0 Å². The van der Waals surface area contributed by atoms with Crippen molar-refractivity contribution in [3.63, 3.8) is 0 Å². The Kier molecular flexibility index (Phi) is 5.93. The van der Waals surface area contributed by atoms with Gasteiger partial charge in [0, 0.05) is 11.8 Å². The Balaban J connectivity index is 0. The molecule has 0 atom stereocenters. The molecule has 0 heterocycles. The third kappa shape index (κ3) is 4470. The maximum Gasteiger partial charge on any atom is 0.300 e. The number of carboxylic acids is 1. The third-order valence-electron chi connectivity index (χ3n) is 0. The van der Waals surface area contributed by atoms with Crippen molar-refractivity contribution in [2.45, 2.75) is 32.6 Å². The van der Waals surface area contributed by atoms with Gasteiger partial charge in [-0.3, -0.25) is 4.79 Å². The summed E-state index contributed by atoms with van der Waals surface area (Å²) >= 11 is 5.53. The van der Waals surface area contributed by atoms with E-state index in [-0.39, 0.29) is 4.87 Å². The van der Waals surface area contributed by atoms with Gasteiger partial charge in [0.25, 0.3) is 5.97 Å². The summed E-state index contributed by atoms with van der Waals surface area (Å²) in [7, 11) is 0. The van der Waals surface area contributed by atoms with Crippen molar-refractivity contribution in [3.8, 4) is 0 Å². The molecule has 9 heavy (non-hydrogen) atoms. The Morgan fingerprint density at radius 2 is 1.44 bits per heavy atom. The van der Waals surface area contributed by atoms with Crippen LogP contribution in [0.5, 0.6) is 0 Å². The zero-order valence-corrected chi connectivity index (χ0v) is 6.99. The van der Waals surface area contributed by atoms with Crippen molar-refractivity contribution in [2.24, 2.45) is 0 Å². The molecule has 56 valence electrons. The van der Waals surface area contributed by atoms with Crippen LogP contribution in [0.15, 0.2) is 0 Å². The molecule has 2 nitrogen and oxygen atoms in total. The van der Waals surface area contributed by atoms with E-state index in [9.17, 15) is 0 Å². The summed E-state index contributed by atoms with van der Waals surface area (Å²) in [4.78, 5) is 8.97. The molecule has 0 aromatic carbocycles. The second-order valence-corrected chi connectivity index (χ2v) is 3.72. The molecule has 0 unspecified atom stereocenters. The van der Waals surface area contributed by atoms with E-state index in [4.69, 9.17) is 21.5 Å². The van der Waals surface area contributed by atoms with E-state index in [1.54, 1.807) is 0 Å². The molecule has 0 radical (unpaired) electrons. The summed E-state index contributed by atoms with van der Waals surface area (Å²) in [5.41, 5.74) is 0. The molecule has 3 heteroatoms. The molecule has 0 aliphatic heterocycles. The second kappa shape index (κ2) is 4.62. The van der Waals surface area contributed by atoms with Gasteiger partial charge in [0.1, 0.15) is 0 Å². The van der Waals surface area contributed by atoms with Gasteiger partial charge in [-0.25, -0.2) is 0 Å². The summed E-state index contributed by atoms with van der Waals surface area (Å²) in [6.07, 6.45) is 0. The van der Waals surface area contributed by atoms with Gasteiger partial charge in [0.2, 0.25) is 0 Å². The van der Waals surface area contributed by atoms with E-state index in [0.717, 1.165) is 6.92 Å². The number of hydrogen-bond donors (Lipinski definition) is 1. The lowest BCUT2D eigenvalue weighted by atomic mass is 10.3. The predicted octanol–water partition coefficient (Wildman–Crippen LogP) is 2.11. The maximum atomic E-state index is 9.00. The number of rotatable bonds is 0. The molecule has 0 fully saturated rings. The van der Waals surface area contributed by atoms with Crippen molar-refractivity contribution in [3.05, 3.63) is 0 Å². The summed E-state index contributed by atoms with van der Waals surface area (Å²) in [5, 5.41) is 7.42. The Labute approximate surface area is 60.8 Å². The van der Waals surface area contributed by atoms with Crippen LogP contribution in [0.25, 0.3) is 0 Å². The SMILES string of the molecule is CC(=O)O.CC(C)(C)Cl. The largest absolute Gasteiger partial charge is 0.481 e. The van der Waals surface area contributed by atoms with E-state index in [1.807, 2.05) is 20.8 Å². The Morgan fingerprint density at radius 3 is 1.44 bits per heavy atom. The van der Waals surface area contributed by atoms with Crippen LogP contribution < -0.4 is 0 Å². The highest BCUT2D eigenvalue weighted by Crippen LogP contribution is 2.07. The first-order valence-electron chi connectivity index (χ1n) is 2.62. The van der Waals surface area contributed by atoms with Crippen LogP contribution in [-0.4, -0.2) is 16.0 Å². The highest BCUT2D eigenvalue weighted by atomic mass is 35.5. The first-order chi connectivity index (χ1) is 3.73. The first kappa shape index (κ1) is 11.5. The van der Waals surface area contributed by atoms with Gasteiger partial charge >= 0.3 is 0 Å². The Morgan fingerprint density at radius 1 is 1.44 bits per heavy atom. The van der Waals surface area contributed by atoms with Gasteiger partial charge in [-0.1, -0.05) is 0 Å². The smallest absolute Gasteiger partial charge is 0.300 e. The minimum Gasteiger partial charge on any atom is -0.481 e. The lowest BCUT2D eigenvalue weighted by molar-refractivity contribution is -0.134. The lowest BCUT2D eigenvalue weighted by Crippen LogP contribution is -1.99. The van der Waals surface area contributed by atoms with Crippen LogP contribution in [0.2, 0.25) is 0 Å². The molecular formula is C6H13ClO2. The van der Waals surface area contributed by atoms with Crippen LogP contribution in [-0.2, 0) is 4.79 Å². The minimum atomic E-state index is -0.833. The summed E-state index contributed by atoms with van der Waals surface area (Å²) in [6.45, 7) is 6.94. The van der Waals surface area contributed by atoms with Crippen LogP contribution in [0.3, 0.4) is 0 Å². The average Bonchev–Trinajstić information content (AvgIpc) is 1.19. The number of alkyl halides is 1. The lowest BCUT2D eigenvalue weighted by Gasteiger charge is -2.01. The van der Waals surface area contributed by atoms with Crippen LogP contribution in [0.1, 0.15) is 27.7 Å². The van der Waals surface area contributed by atoms with Gasteiger partial charge in [-0.15, -0.1) is 11.6 Å². The zero-order valence-electron chi connectivity index (χ0n) is 6.23. The van der Waals surface area contributed by atoms with Crippen LogP contribution >= 0.6 is 11.6 Å². The van der Waals surface area contributed by atoms with Crippen molar-refractivity contribution in [2.75, 3.05) is 0 Å². The maximum absolute atomic E-state index is 9.00. The second-order valence-electron chi connectivity index (χ2n) is 2.59. The highest BCUT2D eigenvalue weighted by molar-refractivity contribution is 6.23. The molecule has 1 N–H and O–H groups in total. The molecule has 0 saturated heterocycles. The van der Waals surface area contributed by atoms with Gasteiger partial charge in [-0.05, 0) is 20.8 Å². The fourth-order valence-electron chi connectivity index (χ4n) is 0. The number of aliphatic carboxylic acids is 1. The number of carboxylic acid groups (broad SMARTS) is 1. The van der Waals surface area contributed by atoms with Crippen molar-refractivity contribution in [1.29, 1.82) is 0 Å². The van der Waals surface area contributed by atoms with E-state index < -0.39 is 5.97 Å². The molecule has 0 aliphatic rings. The monoisotopic (exact) mass is 152 g/mol. The summed E-state index contributed by atoms with van der Waals surface area (Å²) in [6, 6.07) is 0. The molecular weight excluding hydrogens is 140 g/mol. The first-order valence-corrected chi connectivity index (χ1v) is 2.99. The quantitative estimate of drug-likeness (QED) is 0.540. The topological polar surface area (TPSA) is 37.3 Å². The Bertz CT molecular complexity index is 73.5. The molecule has 0 amide bonds. The third-order valence-corrected chi connectivity index (χ3v) is 0. The van der Waals surface area contributed by atoms with Crippen LogP contribution in [0, 0.1) is 0 Å². The molecule has 0 rings (SSSR count). The standard InChI is InChI=1S/C4H9Cl.C2H4O2/c1-4(2,3)5;1-2(3)4/h1-3H3;1H3,(H,3,4). The van der Waals surface area contributed by atoms with E-state index >= 15 is 0 Å². The van der Waals surface area contributed by atoms with Crippen molar-refractivity contribution in [1.82, 2.24) is 0 Å². The molecule has 0 aromatic heterocycles. The van der Waals surface area contributed by atoms with Crippen molar-refractivity contribution < 1.29 is 9.90 Å². The zero-order chi connectivity index (χ0) is 8.08. The number of halogens is 1. The Hall–Kier alpha value is -0.240. The van der Waals surface area contributed by atoms with E-state index in [2.05, 4.69) is 0 Å². The molecule has 0 aliphatic carbocycles. The van der Waals surface area contributed by atoms with Gasteiger partial charge in [0.05, 0.1) is 0 Å². The van der Waals surface area contributed by atoms with Gasteiger partial charge in [-0.2, -0.15) is 0 Å². The van der Waals surface area contributed by atoms with E-state index in [1.165, 1.54) is 0 Å². The average molecular weight is 153 g/mol. The summed E-state index contributed by atoms with van der Waals surface area (Å²) in [5.74, 6) is -0.833. The molecule has 0 aromatic rings. The number of hydrogen-bond acceptors (Lipinski definition) is 1. The predicted molar refractivity (Wildman–Crippen MR) is 38.9 cm³/mol. The fourth-order valence-corrected chi connectivity index (χ4v) is 0. The summed E-state index contributed by atoms with van der Waals surface area (Å²) < 4.78 is 0. The molecule has 0 saturated carbocycles. The van der Waals surface area contributed by atoms with Gasteiger partial charge < -0.3 is 5.11 Å². The van der Waals surface area contributed by atoms with Crippen molar-refractivity contribution >= 4 is 17.6 Å². The molecule has 0 bridgehead atoms. The fraction of sp³-hybridized carbons (Fsp3) is 0.833. The highest BCUT2D eigenvalue weighted by Gasteiger charge is 1.99. The molecule has 0 spiro atoms.